The molecule has 0 saturated heterocycles. The van der Waals surface area contributed by atoms with Crippen LogP contribution >= 0.6 is 11.6 Å². The van der Waals surface area contributed by atoms with Crippen LogP contribution in [0.1, 0.15) is 160 Å². The Morgan fingerprint density at radius 1 is 0.912 bits per heavy atom. The van der Waals surface area contributed by atoms with Crippen molar-refractivity contribution in [3.8, 4) is 0 Å². The fraction of sp³-hybridized carbons (Fsp3) is 0.776. The van der Waals surface area contributed by atoms with Crippen LogP contribution in [0.3, 0.4) is 0 Å². The number of rotatable bonds is 12. The van der Waals surface area contributed by atoms with E-state index in [0.717, 1.165) is 63.2 Å². The quantitative estimate of drug-likeness (QED) is 0.123. The SMILES string of the molecule is C/C(=C1/[C@H]2CC[C@@H]3[C@@]4(C)CC[C@H](OC(=O)CC(C)(C)C(=O)OC(C)(C)C)C(C)(C)[C@@H]4CC[C@@]3(C)[C@]2(C)CC[C@]1(CC=O)[C@@H](O)CNCc1ccc(Cl)cc1)C(C)C. The molecule has 4 saturated carbocycles. The van der Waals surface area contributed by atoms with Crippen LogP contribution in [-0.2, 0) is 30.4 Å². The highest BCUT2D eigenvalue weighted by Crippen LogP contribution is 2.76. The lowest BCUT2D eigenvalue weighted by Gasteiger charge is -2.72. The third kappa shape index (κ3) is 8.43. The monoisotopic (exact) mass is 810 g/mol. The summed E-state index contributed by atoms with van der Waals surface area (Å²) < 4.78 is 12.0. The van der Waals surface area contributed by atoms with E-state index in [9.17, 15) is 19.5 Å². The number of allylic oxidation sites excluding steroid dienone is 1. The van der Waals surface area contributed by atoms with Gasteiger partial charge in [-0.2, -0.15) is 0 Å². The standard InChI is InChI=1S/C49H76ClNO6/c1-31(2)32(3)41-35-18-19-37-46(11)22-21-39(56-40(54)28-44(7,8)42(55)57-43(4,5)6)45(9,10)36(46)20-23-48(37,13)47(35,12)24-25-49(41,26-27-52)38(53)30-51-29-33-14-16-34(50)17-15-33/h14-17,27,31,35-39,51,53H,18-26,28-30H2,1-13H3/b41-32+/t35-,36+,37-,38+,39+,46+,47-,48-,49+/m1/s1. The number of ether oxygens (including phenoxy) is 2. The Bertz CT molecular complexity index is 1670. The molecule has 0 unspecified atom stereocenters. The molecule has 0 heterocycles. The Kier molecular flexibility index (Phi) is 13.1. The fourth-order valence-corrected chi connectivity index (χ4v) is 13.2. The van der Waals surface area contributed by atoms with Gasteiger partial charge in [0, 0.05) is 35.4 Å². The number of aldehydes is 1. The Balaban J connectivity index is 1.39. The zero-order valence-corrected chi connectivity index (χ0v) is 38.5. The number of nitrogens with one attached hydrogen (secondary N) is 1. The molecule has 9 atom stereocenters. The highest BCUT2D eigenvalue weighted by atomic mass is 35.5. The first-order valence-electron chi connectivity index (χ1n) is 22.0. The fourth-order valence-electron chi connectivity index (χ4n) is 13.0. The van der Waals surface area contributed by atoms with E-state index < -0.39 is 22.5 Å². The molecule has 57 heavy (non-hydrogen) atoms. The molecule has 0 spiro atoms. The average Bonchev–Trinajstić information content (AvgIpc) is 3.09. The third-order valence-electron chi connectivity index (χ3n) is 16.5. The molecule has 320 valence electrons. The van der Waals surface area contributed by atoms with Crippen molar-refractivity contribution in [1.82, 2.24) is 5.32 Å². The van der Waals surface area contributed by atoms with Gasteiger partial charge in [0.25, 0.3) is 0 Å². The zero-order valence-electron chi connectivity index (χ0n) is 37.7. The summed E-state index contributed by atoms with van der Waals surface area (Å²) >= 11 is 6.13. The molecule has 1 aromatic carbocycles. The number of hydrogen-bond acceptors (Lipinski definition) is 7. The molecule has 0 amide bonds. The summed E-state index contributed by atoms with van der Waals surface area (Å²) in [5, 5.41) is 16.5. The van der Waals surface area contributed by atoms with Gasteiger partial charge in [0.2, 0.25) is 0 Å². The number of carbonyl (C=O) groups excluding carboxylic acids is 3. The molecule has 4 fully saturated rings. The molecule has 1 aromatic rings. The van der Waals surface area contributed by atoms with E-state index in [1.54, 1.807) is 13.8 Å². The van der Waals surface area contributed by atoms with Crippen molar-refractivity contribution in [2.24, 2.45) is 56.2 Å². The van der Waals surface area contributed by atoms with Crippen molar-refractivity contribution < 1.29 is 29.0 Å². The van der Waals surface area contributed by atoms with Crippen LogP contribution in [0.15, 0.2) is 35.4 Å². The van der Waals surface area contributed by atoms with Crippen LogP contribution in [0, 0.1) is 56.2 Å². The maximum absolute atomic E-state index is 13.5. The minimum absolute atomic E-state index is 0.00107. The van der Waals surface area contributed by atoms with Crippen LogP contribution in [0.2, 0.25) is 5.02 Å². The third-order valence-corrected chi connectivity index (χ3v) is 16.8. The van der Waals surface area contributed by atoms with E-state index in [1.807, 2.05) is 45.0 Å². The summed E-state index contributed by atoms with van der Waals surface area (Å²) in [4.78, 5) is 39.2. The predicted octanol–water partition coefficient (Wildman–Crippen LogP) is 11.1. The second-order valence-electron chi connectivity index (χ2n) is 22.1. The Morgan fingerprint density at radius 2 is 1.56 bits per heavy atom. The first-order valence-corrected chi connectivity index (χ1v) is 22.4. The van der Waals surface area contributed by atoms with Gasteiger partial charge in [-0.3, -0.25) is 9.59 Å². The molecule has 4 aliphatic carbocycles. The normalized spacial score (nSPS) is 35.3. The van der Waals surface area contributed by atoms with Crippen molar-refractivity contribution in [3.05, 3.63) is 46.0 Å². The lowest BCUT2D eigenvalue weighted by molar-refractivity contribution is -0.235. The van der Waals surface area contributed by atoms with E-state index in [-0.39, 0.29) is 52.0 Å². The van der Waals surface area contributed by atoms with Crippen molar-refractivity contribution in [3.63, 3.8) is 0 Å². The van der Waals surface area contributed by atoms with Gasteiger partial charge in [0.15, 0.2) is 0 Å². The number of esters is 2. The van der Waals surface area contributed by atoms with Crippen LogP contribution in [-0.4, -0.2) is 47.7 Å². The molecule has 0 aromatic heterocycles. The number of halogens is 1. The maximum Gasteiger partial charge on any atom is 0.312 e. The topological polar surface area (TPSA) is 102 Å². The van der Waals surface area contributed by atoms with Crippen LogP contribution in [0.25, 0.3) is 0 Å². The highest BCUT2D eigenvalue weighted by molar-refractivity contribution is 6.30. The largest absolute Gasteiger partial charge is 0.462 e. The molecule has 0 radical (unpaired) electrons. The highest BCUT2D eigenvalue weighted by Gasteiger charge is 2.69. The zero-order chi connectivity index (χ0) is 42.6. The van der Waals surface area contributed by atoms with Gasteiger partial charge in [0.1, 0.15) is 18.0 Å². The minimum Gasteiger partial charge on any atom is -0.462 e. The first kappa shape index (κ1) is 45.9. The lowest BCUT2D eigenvalue weighted by Crippen LogP contribution is -2.66. The van der Waals surface area contributed by atoms with Crippen molar-refractivity contribution >= 4 is 29.8 Å². The van der Waals surface area contributed by atoms with E-state index in [2.05, 4.69) is 60.7 Å². The number of hydrogen-bond donors (Lipinski definition) is 2. The summed E-state index contributed by atoms with van der Waals surface area (Å²) in [7, 11) is 0. The van der Waals surface area contributed by atoms with E-state index in [4.69, 9.17) is 21.1 Å². The molecule has 0 aliphatic heterocycles. The summed E-state index contributed by atoms with van der Waals surface area (Å²) in [6.45, 7) is 29.2. The predicted molar refractivity (Wildman–Crippen MR) is 229 cm³/mol. The van der Waals surface area contributed by atoms with Gasteiger partial charge in [0.05, 0.1) is 17.9 Å². The van der Waals surface area contributed by atoms with Gasteiger partial charge in [-0.05, 0) is 151 Å². The van der Waals surface area contributed by atoms with Gasteiger partial charge in [-0.25, -0.2) is 0 Å². The van der Waals surface area contributed by atoms with Gasteiger partial charge in [-0.1, -0.05) is 83.3 Å². The molecule has 0 bridgehead atoms. The van der Waals surface area contributed by atoms with Crippen molar-refractivity contribution in [1.29, 1.82) is 0 Å². The van der Waals surface area contributed by atoms with Gasteiger partial charge >= 0.3 is 11.9 Å². The second-order valence-corrected chi connectivity index (χ2v) is 22.5. The molecular weight excluding hydrogens is 734 g/mol. The number of fused-ring (bicyclic) bond motifs is 5. The molecule has 2 N–H and O–H groups in total. The lowest BCUT2D eigenvalue weighted by atomic mass is 9.32. The number of benzene rings is 1. The van der Waals surface area contributed by atoms with Gasteiger partial charge < -0.3 is 24.7 Å². The Morgan fingerprint density at radius 3 is 2.16 bits per heavy atom. The summed E-state index contributed by atoms with van der Waals surface area (Å²) in [5.41, 5.74) is 1.49. The molecule has 5 rings (SSSR count). The van der Waals surface area contributed by atoms with Crippen LogP contribution in [0.4, 0.5) is 0 Å². The molecule has 8 heteroatoms. The van der Waals surface area contributed by atoms with E-state index >= 15 is 0 Å². The van der Waals surface area contributed by atoms with Gasteiger partial charge in [-0.15, -0.1) is 0 Å². The van der Waals surface area contributed by atoms with Crippen LogP contribution in [0.5, 0.6) is 0 Å². The van der Waals surface area contributed by atoms with E-state index in [0.29, 0.717) is 42.3 Å². The number of aliphatic hydroxyl groups is 1. The smallest absolute Gasteiger partial charge is 0.312 e. The van der Waals surface area contributed by atoms with Crippen molar-refractivity contribution in [2.45, 2.75) is 179 Å². The summed E-state index contributed by atoms with van der Waals surface area (Å²) in [5.74, 6) is 0.745. The minimum atomic E-state index is -0.979. The summed E-state index contributed by atoms with van der Waals surface area (Å²) in [6, 6.07) is 7.80. The molecule has 4 aliphatic rings. The second kappa shape index (κ2) is 16.3. The number of carbonyl (C=O) groups is 3. The van der Waals surface area contributed by atoms with Crippen LogP contribution < -0.4 is 5.32 Å². The average molecular weight is 811 g/mol. The molecular formula is C49H76ClNO6. The Hall–Kier alpha value is -2.22. The van der Waals surface area contributed by atoms with Crippen molar-refractivity contribution in [2.75, 3.05) is 6.54 Å². The summed E-state index contributed by atoms with van der Waals surface area (Å²) in [6.07, 6.45) is 8.33. The molecule has 7 nitrogen and oxygen atoms in total. The Labute approximate surface area is 350 Å². The number of aliphatic hydroxyl groups excluding tert-OH is 1. The van der Waals surface area contributed by atoms with E-state index in [1.165, 1.54) is 11.1 Å². The first-order chi connectivity index (χ1) is 26.3. The maximum atomic E-state index is 13.5.